The van der Waals surface area contributed by atoms with Gasteiger partial charge in [0, 0.05) is 17.0 Å². The summed E-state index contributed by atoms with van der Waals surface area (Å²) in [7, 11) is 0. The van der Waals surface area contributed by atoms with Gasteiger partial charge in [-0.05, 0) is 57.0 Å². The Bertz CT molecular complexity index is 1210. The molecule has 0 aliphatic carbocycles. The molecule has 0 spiro atoms. The number of fused-ring (bicyclic) bond motifs is 1. The van der Waals surface area contributed by atoms with Gasteiger partial charge in [-0.1, -0.05) is 37.3 Å². The Labute approximate surface area is 176 Å². The van der Waals surface area contributed by atoms with Gasteiger partial charge in [0.15, 0.2) is 0 Å². The zero-order valence-corrected chi connectivity index (χ0v) is 17.8. The molecule has 0 aliphatic rings. The summed E-state index contributed by atoms with van der Waals surface area (Å²) in [6, 6.07) is 18.1. The van der Waals surface area contributed by atoms with Gasteiger partial charge in [-0.3, -0.25) is 4.79 Å². The fourth-order valence-corrected chi connectivity index (χ4v) is 3.64. The number of pyridine rings is 1. The Kier molecular flexibility index (Phi) is 5.36. The van der Waals surface area contributed by atoms with Crippen LogP contribution in [0.25, 0.3) is 27.8 Å². The predicted octanol–water partition coefficient (Wildman–Crippen LogP) is 5.10. The molecule has 0 aliphatic heterocycles. The highest BCUT2D eigenvalue weighted by Crippen LogP contribution is 2.28. The van der Waals surface area contributed by atoms with Gasteiger partial charge >= 0.3 is 0 Å². The third-order valence-electron chi connectivity index (χ3n) is 5.26. The van der Waals surface area contributed by atoms with Crippen molar-refractivity contribution >= 4 is 16.8 Å². The topological polar surface area (TPSA) is 59.8 Å². The Morgan fingerprint density at radius 2 is 1.83 bits per heavy atom. The molecule has 2 aromatic carbocycles. The summed E-state index contributed by atoms with van der Waals surface area (Å²) in [4.78, 5) is 17.7. The lowest BCUT2D eigenvalue weighted by Crippen LogP contribution is -2.30. The number of rotatable bonds is 5. The van der Waals surface area contributed by atoms with Gasteiger partial charge in [-0.15, -0.1) is 0 Å². The van der Waals surface area contributed by atoms with Gasteiger partial charge in [-0.25, -0.2) is 9.67 Å². The largest absolute Gasteiger partial charge is 0.350 e. The van der Waals surface area contributed by atoms with Gasteiger partial charge in [0.1, 0.15) is 0 Å². The highest BCUT2D eigenvalue weighted by Gasteiger charge is 2.17. The predicted molar refractivity (Wildman–Crippen MR) is 121 cm³/mol. The lowest BCUT2D eigenvalue weighted by molar-refractivity contribution is 0.0944. The van der Waals surface area contributed by atoms with Crippen molar-refractivity contribution in [2.24, 2.45) is 0 Å². The number of hydrogen-bond donors (Lipinski definition) is 1. The average molecular weight is 399 g/mol. The third-order valence-corrected chi connectivity index (χ3v) is 5.26. The zero-order chi connectivity index (χ0) is 21.3. The first kappa shape index (κ1) is 19.8. The molecule has 152 valence electrons. The van der Waals surface area contributed by atoms with Gasteiger partial charge in [0.05, 0.1) is 34.4 Å². The van der Waals surface area contributed by atoms with Crippen LogP contribution in [0.2, 0.25) is 0 Å². The van der Waals surface area contributed by atoms with Crippen LogP contribution in [0, 0.1) is 6.92 Å². The van der Waals surface area contributed by atoms with Crippen LogP contribution >= 0.6 is 0 Å². The smallest absolute Gasteiger partial charge is 0.252 e. The number of nitrogens with one attached hydrogen (secondary N) is 1. The van der Waals surface area contributed by atoms with Gasteiger partial charge < -0.3 is 5.32 Å². The molecule has 4 rings (SSSR count). The minimum Gasteiger partial charge on any atom is -0.350 e. The number of benzene rings is 2. The van der Waals surface area contributed by atoms with Gasteiger partial charge in [-0.2, -0.15) is 5.10 Å². The van der Waals surface area contributed by atoms with Gasteiger partial charge in [0.2, 0.25) is 0 Å². The molecule has 2 heterocycles. The average Bonchev–Trinajstić information content (AvgIpc) is 3.13. The van der Waals surface area contributed by atoms with Crippen LogP contribution in [0.15, 0.2) is 60.8 Å². The van der Waals surface area contributed by atoms with Crippen LogP contribution in [-0.4, -0.2) is 26.7 Å². The van der Waals surface area contributed by atoms with E-state index in [1.807, 2.05) is 62.0 Å². The summed E-state index contributed by atoms with van der Waals surface area (Å²) in [6.07, 6.45) is 2.83. The quantitative estimate of drug-likeness (QED) is 0.509. The van der Waals surface area contributed by atoms with Crippen LogP contribution in [-0.2, 0) is 6.42 Å². The van der Waals surface area contributed by atoms with Crippen molar-refractivity contribution in [2.45, 2.75) is 40.2 Å². The molecule has 0 unspecified atom stereocenters. The van der Waals surface area contributed by atoms with E-state index in [-0.39, 0.29) is 11.9 Å². The number of amides is 1. The van der Waals surface area contributed by atoms with Crippen molar-refractivity contribution in [3.63, 3.8) is 0 Å². The van der Waals surface area contributed by atoms with Crippen molar-refractivity contribution in [1.82, 2.24) is 20.1 Å². The van der Waals surface area contributed by atoms with E-state index in [0.717, 1.165) is 40.0 Å². The fraction of sp³-hybridized carbons (Fsp3) is 0.240. The zero-order valence-electron chi connectivity index (χ0n) is 17.8. The maximum atomic E-state index is 12.9. The SMILES string of the molecule is CCc1ccc(-n2ncc(-c3cc(C(=O)NC(C)C)c4ccccc4n3)c2C)cc1. The maximum absolute atomic E-state index is 12.9. The third kappa shape index (κ3) is 3.71. The highest BCUT2D eigenvalue weighted by atomic mass is 16.1. The van der Waals surface area contributed by atoms with E-state index in [1.54, 1.807) is 0 Å². The maximum Gasteiger partial charge on any atom is 0.252 e. The summed E-state index contributed by atoms with van der Waals surface area (Å²) < 4.78 is 1.92. The normalized spacial score (nSPS) is 11.2. The second-order valence-corrected chi connectivity index (χ2v) is 7.78. The number of carbonyl (C=O) groups excluding carboxylic acids is 1. The molecule has 0 saturated heterocycles. The van der Waals surface area contributed by atoms with E-state index >= 15 is 0 Å². The number of aryl methyl sites for hydroxylation is 1. The van der Waals surface area contributed by atoms with Crippen LogP contribution in [0.5, 0.6) is 0 Å². The Morgan fingerprint density at radius 1 is 1.10 bits per heavy atom. The number of hydrogen-bond acceptors (Lipinski definition) is 3. The first-order chi connectivity index (χ1) is 14.5. The molecule has 0 bridgehead atoms. The standard InChI is InChI=1S/C25H26N4O/c1-5-18-10-12-19(13-11-18)29-17(4)22(15-26-29)24-14-21(25(30)27-16(2)3)20-8-6-7-9-23(20)28-24/h6-16H,5H2,1-4H3,(H,27,30). The molecule has 0 saturated carbocycles. The molecule has 0 radical (unpaired) electrons. The Morgan fingerprint density at radius 3 is 2.53 bits per heavy atom. The van der Waals surface area contributed by atoms with E-state index in [4.69, 9.17) is 4.98 Å². The number of para-hydroxylation sites is 1. The number of aromatic nitrogens is 3. The second-order valence-electron chi connectivity index (χ2n) is 7.78. The molecule has 1 N–H and O–H groups in total. The van der Waals surface area contributed by atoms with Crippen molar-refractivity contribution in [1.29, 1.82) is 0 Å². The highest BCUT2D eigenvalue weighted by molar-refractivity contribution is 6.07. The van der Waals surface area contributed by atoms with Crippen LogP contribution in [0.3, 0.4) is 0 Å². The second kappa shape index (κ2) is 8.11. The molecule has 0 atom stereocenters. The van der Waals surface area contributed by atoms with E-state index in [9.17, 15) is 4.79 Å². The molecule has 5 heteroatoms. The molecular formula is C25H26N4O. The lowest BCUT2D eigenvalue weighted by Gasteiger charge is -2.12. The van der Waals surface area contributed by atoms with E-state index in [2.05, 4.69) is 41.6 Å². The summed E-state index contributed by atoms with van der Waals surface area (Å²) in [6.45, 7) is 8.09. The lowest BCUT2D eigenvalue weighted by atomic mass is 10.0. The van der Waals surface area contributed by atoms with Crippen LogP contribution in [0.1, 0.15) is 42.4 Å². The van der Waals surface area contributed by atoms with Crippen molar-refractivity contribution in [3.8, 4) is 16.9 Å². The van der Waals surface area contributed by atoms with Crippen LogP contribution < -0.4 is 5.32 Å². The molecule has 4 aromatic rings. The molecule has 0 fully saturated rings. The van der Waals surface area contributed by atoms with Crippen molar-refractivity contribution < 1.29 is 4.79 Å². The Hall–Kier alpha value is -3.47. The van der Waals surface area contributed by atoms with E-state index in [1.165, 1.54) is 5.56 Å². The summed E-state index contributed by atoms with van der Waals surface area (Å²) in [5.41, 5.74) is 6.37. The molecule has 5 nitrogen and oxygen atoms in total. The first-order valence-electron chi connectivity index (χ1n) is 10.3. The minimum atomic E-state index is -0.0925. The van der Waals surface area contributed by atoms with Crippen LogP contribution in [0.4, 0.5) is 0 Å². The molecule has 1 amide bonds. The molecular weight excluding hydrogens is 372 g/mol. The van der Waals surface area contributed by atoms with Gasteiger partial charge in [0.25, 0.3) is 5.91 Å². The number of carbonyl (C=O) groups is 1. The summed E-state index contributed by atoms with van der Waals surface area (Å²) >= 11 is 0. The minimum absolute atomic E-state index is 0.0588. The monoisotopic (exact) mass is 398 g/mol. The van der Waals surface area contributed by atoms with Crippen molar-refractivity contribution in [3.05, 3.63) is 77.6 Å². The summed E-state index contributed by atoms with van der Waals surface area (Å²) in [5, 5.41) is 8.44. The Balaban J connectivity index is 1.82. The van der Waals surface area contributed by atoms with E-state index < -0.39 is 0 Å². The number of nitrogens with zero attached hydrogens (tertiary/aromatic N) is 3. The fourth-order valence-electron chi connectivity index (χ4n) is 3.64. The molecule has 2 aromatic heterocycles. The summed E-state index contributed by atoms with van der Waals surface area (Å²) in [5.74, 6) is -0.0925. The van der Waals surface area contributed by atoms with Crippen molar-refractivity contribution in [2.75, 3.05) is 0 Å². The molecule has 30 heavy (non-hydrogen) atoms. The van der Waals surface area contributed by atoms with E-state index in [0.29, 0.717) is 5.56 Å². The first-order valence-corrected chi connectivity index (χ1v) is 10.3.